The van der Waals surface area contributed by atoms with Crippen molar-refractivity contribution in [3.8, 4) is 0 Å². The van der Waals surface area contributed by atoms with Crippen molar-refractivity contribution in [1.82, 2.24) is 19.7 Å². The fourth-order valence-corrected chi connectivity index (χ4v) is 2.74. The number of rotatable bonds is 5. The Bertz CT molecular complexity index is 954. The van der Waals surface area contributed by atoms with Crippen molar-refractivity contribution in [3.63, 3.8) is 0 Å². The Kier molecular flexibility index (Phi) is 4.16. The van der Waals surface area contributed by atoms with Crippen LogP contribution in [-0.2, 0) is 19.9 Å². The molecular weight excluding hydrogens is 308 g/mol. The minimum absolute atomic E-state index is 0.213. The van der Waals surface area contributed by atoms with E-state index in [0.29, 0.717) is 23.3 Å². The molecule has 0 unspecified atom stereocenters. The van der Waals surface area contributed by atoms with Gasteiger partial charge in [0, 0.05) is 13.5 Å². The van der Waals surface area contributed by atoms with Crippen molar-refractivity contribution in [1.29, 1.82) is 0 Å². The molecule has 0 saturated heterocycles. The maximum atomic E-state index is 12.3. The van der Waals surface area contributed by atoms with Gasteiger partial charge < -0.3 is 10.1 Å². The first-order valence-corrected chi connectivity index (χ1v) is 7.76. The fraction of sp³-hybridized carbons (Fsp3) is 0.294. The smallest absolute Gasteiger partial charge is 0.335 e. The number of carboxylic acid groups (broad SMARTS) is 1. The standard InChI is InChI=1S/C17H18N4O3/c1-3-4-12-14-15(21(2)20-12)16(22)19-13(18-14)9-10-5-7-11(8-6-10)17(23)24/h5-8H,3-4,9H2,1-2H3,(H,23,24)(H,18,19,22). The number of nitrogens with one attached hydrogen (secondary N) is 1. The minimum atomic E-state index is -0.964. The van der Waals surface area contributed by atoms with Crippen LogP contribution in [0.5, 0.6) is 0 Å². The molecule has 0 spiro atoms. The fourth-order valence-electron chi connectivity index (χ4n) is 2.74. The molecule has 3 aromatic rings. The number of aromatic nitrogens is 4. The van der Waals surface area contributed by atoms with Gasteiger partial charge in [0.1, 0.15) is 11.3 Å². The largest absolute Gasteiger partial charge is 0.478 e. The van der Waals surface area contributed by atoms with Crippen LogP contribution in [0.3, 0.4) is 0 Å². The molecule has 7 nitrogen and oxygen atoms in total. The molecule has 2 heterocycles. The van der Waals surface area contributed by atoms with E-state index in [0.717, 1.165) is 24.1 Å². The molecule has 0 aliphatic heterocycles. The van der Waals surface area contributed by atoms with Crippen molar-refractivity contribution in [2.24, 2.45) is 7.05 Å². The molecule has 3 rings (SSSR count). The molecule has 1 aromatic carbocycles. The van der Waals surface area contributed by atoms with Crippen LogP contribution in [0, 0.1) is 0 Å². The zero-order valence-electron chi connectivity index (χ0n) is 13.5. The first-order valence-electron chi connectivity index (χ1n) is 7.76. The average Bonchev–Trinajstić information content (AvgIpc) is 2.85. The lowest BCUT2D eigenvalue weighted by molar-refractivity contribution is 0.0697. The maximum Gasteiger partial charge on any atom is 0.335 e. The molecule has 0 aliphatic rings. The summed E-state index contributed by atoms with van der Waals surface area (Å²) in [5, 5.41) is 13.3. The van der Waals surface area contributed by atoms with Gasteiger partial charge in [-0.1, -0.05) is 25.5 Å². The van der Waals surface area contributed by atoms with E-state index < -0.39 is 5.97 Å². The highest BCUT2D eigenvalue weighted by atomic mass is 16.4. The third-order valence-electron chi connectivity index (χ3n) is 3.87. The Morgan fingerprint density at radius 2 is 2.00 bits per heavy atom. The lowest BCUT2D eigenvalue weighted by Crippen LogP contribution is -2.14. The number of benzene rings is 1. The number of hydrogen-bond donors (Lipinski definition) is 2. The van der Waals surface area contributed by atoms with Crippen LogP contribution in [0.1, 0.15) is 40.8 Å². The van der Waals surface area contributed by atoms with Gasteiger partial charge in [-0.15, -0.1) is 0 Å². The molecule has 0 atom stereocenters. The quantitative estimate of drug-likeness (QED) is 0.746. The van der Waals surface area contributed by atoms with E-state index in [2.05, 4.69) is 22.0 Å². The highest BCUT2D eigenvalue weighted by Crippen LogP contribution is 2.15. The van der Waals surface area contributed by atoms with Crippen LogP contribution >= 0.6 is 0 Å². The number of nitrogens with zero attached hydrogens (tertiary/aromatic N) is 3. The van der Waals surface area contributed by atoms with Gasteiger partial charge in [0.15, 0.2) is 5.52 Å². The summed E-state index contributed by atoms with van der Waals surface area (Å²) in [5.41, 5.74) is 2.83. The number of aryl methyl sites for hydroxylation is 2. The van der Waals surface area contributed by atoms with Gasteiger partial charge in [0.25, 0.3) is 5.56 Å². The Balaban J connectivity index is 1.99. The van der Waals surface area contributed by atoms with E-state index in [4.69, 9.17) is 5.11 Å². The van der Waals surface area contributed by atoms with Crippen LogP contribution in [0.4, 0.5) is 0 Å². The van der Waals surface area contributed by atoms with Gasteiger partial charge in [-0.2, -0.15) is 5.10 Å². The van der Waals surface area contributed by atoms with E-state index >= 15 is 0 Å². The number of carboxylic acids is 1. The SMILES string of the molecule is CCCc1nn(C)c2c(=O)[nH]c(Cc3ccc(C(=O)O)cc3)nc12. The van der Waals surface area contributed by atoms with Crippen LogP contribution in [0.2, 0.25) is 0 Å². The number of aromatic amines is 1. The summed E-state index contributed by atoms with van der Waals surface area (Å²) >= 11 is 0. The molecule has 7 heteroatoms. The van der Waals surface area contributed by atoms with Crippen molar-refractivity contribution in [2.45, 2.75) is 26.2 Å². The van der Waals surface area contributed by atoms with E-state index in [1.54, 1.807) is 36.0 Å². The summed E-state index contributed by atoms with van der Waals surface area (Å²) in [6.07, 6.45) is 2.11. The van der Waals surface area contributed by atoms with Crippen LogP contribution in [0.15, 0.2) is 29.1 Å². The predicted molar refractivity (Wildman–Crippen MR) is 89.3 cm³/mol. The summed E-state index contributed by atoms with van der Waals surface area (Å²) in [5.74, 6) is -0.421. The lowest BCUT2D eigenvalue weighted by atomic mass is 10.1. The summed E-state index contributed by atoms with van der Waals surface area (Å²) in [6, 6.07) is 6.54. The van der Waals surface area contributed by atoms with Crippen molar-refractivity contribution in [3.05, 3.63) is 57.3 Å². The predicted octanol–water partition coefficient (Wildman–Crippen LogP) is 1.90. The molecule has 124 valence electrons. The zero-order valence-corrected chi connectivity index (χ0v) is 13.5. The zero-order chi connectivity index (χ0) is 17.3. The molecule has 0 saturated carbocycles. The monoisotopic (exact) mass is 326 g/mol. The lowest BCUT2D eigenvalue weighted by Gasteiger charge is -2.03. The third kappa shape index (κ3) is 2.92. The van der Waals surface area contributed by atoms with E-state index in [9.17, 15) is 9.59 Å². The molecule has 0 aliphatic carbocycles. The number of carbonyl (C=O) groups is 1. The van der Waals surface area contributed by atoms with Gasteiger partial charge in [-0.05, 0) is 24.1 Å². The van der Waals surface area contributed by atoms with Gasteiger partial charge >= 0.3 is 5.97 Å². The maximum absolute atomic E-state index is 12.3. The highest BCUT2D eigenvalue weighted by molar-refractivity contribution is 5.87. The van der Waals surface area contributed by atoms with E-state index in [-0.39, 0.29) is 11.1 Å². The molecule has 0 bridgehead atoms. The first kappa shape index (κ1) is 15.9. The summed E-state index contributed by atoms with van der Waals surface area (Å²) < 4.78 is 1.57. The Morgan fingerprint density at radius 3 is 2.62 bits per heavy atom. The van der Waals surface area contributed by atoms with Gasteiger partial charge in [-0.25, -0.2) is 9.78 Å². The molecule has 0 amide bonds. The molecular formula is C17H18N4O3. The Labute approximate surface area is 138 Å². The Hall–Kier alpha value is -2.96. The summed E-state index contributed by atoms with van der Waals surface area (Å²) in [7, 11) is 1.74. The van der Waals surface area contributed by atoms with Crippen LogP contribution in [0.25, 0.3) is 11.0 Å². The van der Waals surface area contributed by atoms with E-state index in [1.807, 2.05) is 0 Å². The van der Waals surface area contributed by atoms with E-state index in [1.165, 1.54) is 0 Å². The second kappa shape index (κ2) is 6.27. The van der Waals surface area contributed by atoms with Crippen molar-refractivity contribution < 1.29 is 9.90 Å². The molecule has 24 heavy (non-hydrogen) atoms. The normalized spacial score (nSPS) is 11.1. The number of aromatic carboxylic acids is 1. The average molecular weight is 326 g/mol. The molecule has 2 N–H and O–H groups in total. The highest BCUT2D eigenvalue weighted by Gasteiger charge is 2.14. The Morgan fingerprint density at radius 1 is 1.29 bits per heavy atom. The van der Waals surface area contributed by atoms with Gasteiger partial charge in [0.2, 0.25) is 0 Å². The molecule has 2 aromatic heterocycles. The second-order valence-corrected chi connectivity index (χ2v) is 5.71. The first-order chi connectivity index (χ1) is 11.5. The minimum Gasteiger partial charge on any atom is -0.478 e. The van der Waals surface area contributed by atoms with Crippen LogP contribution in [-0.4, -0.2) is 30.8 Å². The van der Waals surface area contributed by atoms with Gasteiger partial charge in [0.05, 0.1) is 11.3 Å². The van der Waals surface area contributed by atoms with Crippen LogP contribution < -0.4 is 5.56 Å². The summed E-state index contributed by atoms with van der Waals surface area (Å²) in [4.78, 5) is 30.6. The molecule has 0 radical (unpaired) electrons. The van der Waals surface area contributed by atoms with Crippen molar-refractivity contribution >= 4 is 17.0 Å². The molecule has 0 fully saturated rings. The van der Waals surface area contributed by atoms with Gasteiger partial charge in [-0.3, -0.25) is 9.48 Å². The van der Waals surface area contributed by atoms with Crippen molar-refractivity contribution in [2.75, 3.05) is 0 Å². The third-order valence-corrected chi connectivity index (χ3v) is 3.87. The second-order valence-electron chi connectivity index (χ2n) is 5.71. The number of H-pyrrole nitrogens is 1. The summed E-state index contributed by atoms with van der Waals surface area (Å²) in [6.45, 7) is 2.05. The topological polar surface area (TPSA) is 101 Å². The number of hydrogen-bond acceptors (Lipinski definition) is 4. The number of fused-ring (bicyclic) bond motifs is 1.